The molecule has 0 aromatic heterocycles. The Morgan fingerprint density at radius 3 is 2.19 bits per heavy atom. The zero-order valence-corrected chi connectivity index (χ0v) is 14.5. The van der Waals surface area contributed by atoms with E-state index < -0.39 is 24.0 Å². The molecule has 134 valence electrons. The number of likely N-dealkylation sites (N-methyl/N-ethyl adjacent to an activating group) is 1. The maximum atomic E-state index is 12.2. The number of aliphatic hydroxyl groups is 2. The number of carbonyl (C=O) groups is 2. The van der Waals surface area contributed by atoms with Crippen LogP contribution in [-0.4, -0.2) is 53.2 Å². The minimum Gasteiger partial charge on any atom is -0.380 e. The van der Waals surface area contributed by atoms with Gasteiger partial charge in [-0.15, -0.1) is 0 Å². The quantitative estimate of drug-likeness (QED) is 0.711. The second-order valence-electron chi connectivity index (χ2n) is 5.77. The maximum absolute atomic E-state index is 12.2. The van der Waals surface area contributed by atoms with Crippen molar-refractivity contribution in [3.05, 3.63) is 65.7 Å². The van der Waals surface area contributed by atoms with Gasteiger partial charge in [-0.3, -0.25) is 9.59 Å². The molecule has 0 bridgehead atoms. The van der Waals surface area contributed by atoms with Crippen molar-refractivity contribution < 1.29 is 19.8 Å². The van der Waals surface area contributed by atoms with Crippen molar-refractivity contribution >= 4 is 17.5 Å². The van der Waals surface area contributed by atoms with Gasteiger partial charge in [-0.25, -0.2) is 0 Å². The van der Waals surface area contributed by atoms with Gasteiger partial charge in [0.15, 0.2) is 12.2 Å². The summed E-state index contributed by atoms with van der Waals surface area (Å²) in [7, 11) is 2.84. The summed E-state index contributed by atoms with van der Waals surface area (Å²) < 4.78 is 0. The van der Waals surface area contributed by atoms with Crippen molar-refractivity contribution in [2.45, 2.75) is 12.2 Å². The molecule has 0 fully saturated rings. The maximum Gasteiger partial charge on any atom is 0.256 e. The number of amides is 2. The first-order valence-electron chi connectivity index (χ1n) is 7.94. The SMILES string of the molecule is CN(C)C(=O)[C@H](O)[C@@H](O)C(=O)Nc1ccccc1C#Cc1ccccc1. The first kappa shape index (κ1) is 19.2. The molecular weight excluding hydrogens is 332 g/mol. The molecular formula is C20H20N2O4. The van der Waals surface area contributed by atoms with Crippen molar-refractivity contribution in [1.29, 1.82) is 0 Å². The van der Waals surface area contributed by atoms with Crippen LogP contribution < -0.4 is 5.32 Å². The Bertz CT molecular complexity index is 838. The van der Waals surface area contributed by atoms with Gasteiger partial charge in [-0.05, 0) is 24.3 Å². The number of hydrogen-bond acceptors (Lipinski definition) is 4. The van der Waals surface area contributed by atoms with Crippen LogP contribution in [0.25, 0.3) is 0 Å². The first-order valence-corrected chi connectivity index (χ1v) is 7.94. The van der Waals surface area contributed by atoms with Crippen LogP contribution in [0.3, 0.4) is 0 Å². The van der Waals surface area contributed by atoms with E-state index in [1.807, 2.05) is 30.3 Å². The monoisotopic (exact) mass is 352 g/mol. The van der Waals surface area contributed by atoms with Gasteiger partial charge in [0.2, 0.25) is 0 Å². The fraction of sp³-hybridized carbons (Fsp3) is 0.200. The van der Waals surface area contributed by atoms with Gasteiger partial charge in [0, 0.05) is 25.2 Å². The van der Waals surface area contributed by atoms with E-state index >= 15 is 0 Å². The fourth-order valence-electron chi connectivity index (χ4n) is 2.11. The molecule has 6 nitrogen and oxygen atoms in total. The molecule has 2 atom stereocenters. The van der Waals surface area contributed by atoms with Crippen molar-refractivity contribution in [2.24, 2.45) is 0 Å². The lowest BCUT2D eigenvalue weighted by molar-refractivity contribution is -0.149. The van der Waals surface area contributed by atoms with Crippen LogP contribution in [0, 0.1) is 11.8 Å². The third kappa shape index (κ3) is 4.93. The van der Waals surface area contributed by atoms with E-state index in [0.29, 0.717) is 11.3 Å². The van der Waals surface area contributed by atoms with E-state index in [1.54, 1.807) is 24.3 Å². The third-order valence-corrected chi connectivity index (χ3v) is 3.56. The highest BCUT2D eigenvalue weighted by atomic mass is 16.3. The lowest BCUT2D eigenvalue weighted by atomic mass is 10.1. The fourth-order valence-corrected chi connectivity index (χ4v) is 2.11. The third-order valence-electron chi connectivity index (χ3n) is 3.56. The number of anilines is 1. The van der Waals surface area contributed by atoms with E-state index in [-0.39, 0.29) is 0 Å². The highest BCUT2D eigenvalue weighted by molar-refractivity contribution is 5.99. The predicted octanol–water partition coefficient (Wildman–Crippen LogP) is 0.835. The molecule has 0 radical (unpaired) electrons. The average molecular weight is 352 g/mol. The van der Waals surface area contributed by atoms with Crippen molar-refractivity contribution in [2.75, 3.05) is 19.4 Å². The molecule has 3 N–H and O–H groups in total. The molecule has 2 aromatic rings. The first-order chi connectivity index (χ1) is 12.4. The van der Waals surface area contributed by atoms with Gasteiger partial charge in [0.05, 0.1) is 5.69 Å². The Balaban J connectivity index is 2.16. The van der Waals surface area contributed by atoms with Gasteiger partial charge >= 0.3 is 0 Å². The van der Waals surface area contributed by atoms with Crippen LogP contribution in [0.2, 0.25) is 0 Å². The van der Waals surface area contributed by atoms with Crippen LogP contribution in [0.1, 0.15) is 11.1 Å². The summed E-state index contributed by atoms with van der Waals surface area (Å²) in [5.74, 6) is 4.30. The van der Waals surface area contributed by atoms with Gasteiger partial charge in [0.25, 0.3) is 11.8 Å². The molecule has 26 heavy (non-hydrogen) atoms. The molecule has 6 heteroatoms. The van der Waals surface area contributed by atoms with E-state index in [9.17, 15) is 19.8 Å². The van der Waals surface area contributed by atoms with Crippen LogP contribution in [0.4, 0.5) is 5.69 Å². The number of carbonyl (C=O) groups excluding carboxylic acids is 2. The van der Waals surface area contributed by atoms with Gasteiger partial charge in [-0.2, -0.15) is 0 Å². The predicted molar refractivity (Wildman–Crippen MR) is 98.2 cm³/mol. The van der Waals surface area contributed by atoms with Crippen molar-refractivity contribution in [3.63, 3.8) is 0 Å². The molecule has 0 aliphatic rings. The zero-order valence-electron chi connectivity index (χ0n) is 14.5. The molecule has 0 unspecified atom stereocenters. The summed E-state index contributed by atoms with van der Waals surface area (Å²) in [5, 5.41) is 22.2. The summed E-state index contributed by atoms with van der Waals surface area (Å²) in [6.45, 7) is 0. The zero-order chi connectivity index (χ0) is 19.1. The number of aliphatic hydroxyl groups excluding tert-OH is 2. The highest BCUT2D eigenvalue weighted by Gasteiger charge is 2.31. The summed E-state index contributed by atoms with van der Waals surface area (Å²) in [6.07, 6.45) is -3.73. The summed E-state index contributed by atoms with van der Waals surface area (Å²) in [6, 6.07) is 16.2. The summed E-state index contributed by atoms with van der Waals surface area (Å²) in [4.78, 5) is 24.9. The van der Waals surface area contributed by atoms with Crippen LogP contribution in [0.5, 0.6) is 0 Å². The van der Waals surface area contributed by atoms with E-state index in [4.69, 9.17) is 0 Å². The van der Waals surface area contributed by atoms with Crippen LogP contribution >= 0.6 is 0 Å². The van der Waals surface area contributed by atoms with Gasteiger partial charge < -0.3 is 20.4 Å². The lowest BCUT2D eigenvalue weighted by Gasteiger charge is -2.20. The van der Waals surface area contributed by atoms with E-state index in [1.165, 1.54) is 14.1 Å². The molecule has 0 saturated heterocycles. The second-order valence-corrected chi connectivity index (χ2v) is 5.77. The van der Waals surface area contributed by atoms with Crippen molar-refractivity contribution in [3.8, 4) is 11.8 Å². The average Bonchev–Trinajstić information content (AvgIpc) is 2.66. The van der Waals surface area contributed by atoms with Gasteiger partial charge in [-0.1, -0.05) is 42.2 Å². The van der Waals surface area contributed by atoms with Gasteiger partial charge in [0.1, 0.15) is 0 Å². The smallest absolute Gasteiger partial charge is 0.256 e. The number of benzene rings is 2. The summed E-state index contributed by atoms with van der Waals surface area (Å²) >= 11 is 0. The Morgan fingerprint density at radius 1 is 0.923 bits per heavy atom. The number of nitrogens with zero attached hydrogens (tertiary/aromatic N) is 1. The minimum absolute atomic E-state index is 0.379. The Kier molecular flexibility index (Phi) is 6.50. The normalized spacial score (nSPS) is 12.3. The van der Waals surface area contributed by atoms with Crippen molar-refractivity contribution in [1.82, 2.24) is 4.90 Å². The van der Waals surface area contributed by atoms with E-state index in [2.05, 4.69) is 17.2 Å². The topological polar surface area (TPSA) is 89.9 Å². The Labute approximate surface area is 152 Å². The second kappa shape index (κ2) is 8.81. The number of hydrogen-bond donors (Lipinski definition) is 3. The number of rotatable bonds is 4. The standard InChI is InChI=1S/C20H20N2O4/c1-22(2)20(26)18(24)17(23)19(25)21-16-11-7-6-10-15(16)13-12-14-8-4-3-5-9-14/h3-11,17-18,23-24H,1-2H3,(H,21,25)/t17-,18-/m1/s1. The molecule has 0 saturated carbocycles. The largest absolute Gasteiger partial charge is 0.380 e. The number of para-hydroxylation sites is 1. The molecule has 2 aromatic carbocycles. The minimum atomic E-state index is -1.89. The van der Waals surface area contributed by atoms with Crippen LogP contribution in [-0.2, 0) is 9.59 Å². The molecule has 2 rings (SSSR count). The van der Waals surface area contributed by atoms with Crippen LogP contribution in [0.15, 0.2) is 54.6 Å². The highest BCUT2D eigenvalue weighted by Crippen LogP contribution is 2.15. The molecule has 0 aliphatic carbocycles. The molecule has 2 amide bonds. The molecule has 0 heterocycles. The summed E-state index contributed by atoms with van der Waals surface area (Å²) in [5.41, 5.74) is 1.75. The lowest BCUT2D eigenvalue weighted by Crippen LogP contribution is -2.47. The van der Waals surface area contributed by atoms with E-state index in [0.717, 1.165) is 10.5 Å². The molecule has 0 aliphatic heterocycles. The Morgan fingerprint density at radius 2 is 1.54 bits per heavy atom. The Hall–Kier alpha value is -3.14. The molecule has 0 spiro atoms. The number of nitrogens with one attached hydrogen (secondary N) is 1.